The molecule has 98 valence electrons. The van der Waals surface area contributed by atoms with Crippen molar-refractivity contribution in [1.82, 2.24) is 15.0 Å². The van der Waals surface area contributed by atoms with Crippen LogP contribution in [0.1, 0.15) is 0 Å². The van der Waals surface area contributed by atoms with Crippen LogP contribution in [0.2, 0.25) is 10.0 Å². The minimum atomic E-state index is 0.510. The van der Waals surface area contributed by atoms with Crippen LogP contribution in [-0.4, -0.2) is 15.0 Å². The number of nitrogens with zero attached hydrogens (tertiary/aromatic N) is 1. The van der Waals surface area contributed by atoms with Crippen molar-refractivity contribution in [3.8, 4) is 11.4 Å². The lowest BCUT2D eigenvalue weighted by molar-refractivity contribution is 1.34. The number of aromatic amines is 2. The van der Waals surface area contributed by atoms with Gasteiger partial charge in [-0.3, -0.25) is 0 Å². The van der Waals surface area contributed by atoms with E-state index >= 15 is 0 Å². The Morgan fingerprint density at radius 2 is 1.75 bits per heavy atom. The van der Waals surface area contributed by atoms with Gasteiger partial charge in [-0.2, -0.15) is 0 Å². The van der Waals surface area contributed by atoms with Gasteiger partial charge in [0, 0.05) is 22.7 Å². The van der Waals surface area contributed by atoms with Gasteiger partial charge in [0.05, 0.1) is 21.1 Å². The summed E-state index contributed by atoms with van der Waals surface area (Å²) in [5.74, 6) is 0.802. The molecule has 0 amide bonds. The van der Waals surface area contributed by atoms with Crippen molar-refractivity contribution in [2.75, 3.05) is 0 Å². The zero-order chi connectivity index (χ0) is 13.7. The van der Waals surface area contributed by atoms with Gasteiger partial charge in [-0.1, -0.05) is 41.4 Å². The molecule has 2 heterocycles. The molecule has 0 radical (unpaired) electrons. The van der Waals surface area contributed by atoms with Crippen molar-refractivity contribution >= 4 is 45.1 Å². The zero-order valence-electron chi connectivity index (χ0n) is 10.2. The highest BCUT2D eigenvalue weighted by Gasteiger charge is 2.11. The van der Waals surface area contributed by atoms with Crippen LogP contribution in [0.5, 0.6) is 0 Å². The van der Waals surface area contributed by atoms with Crippen molar-refractivity contribution in [2.24, 2.45) is 0 Å². The van der Waals surface area contributed by atoms with Crippen molar-refractivity contribution in [2.45, 2.75) is 0 Å². The fourth-order valence-corrected chi connectivity index (χ4v) is 2.72. The average Bonchev–Trinajstić information content (AvgIpc) is 3.02. The fraction of sp³-hybridized carbons (Fsp3) is 0. The Bertz CT molecular complexity index is 898. The molecule has 0 unspecified atom stereocenters. The standard InChI is InChI=1S/C15H9Cl2N3/c16-10-5-13-14(6-11(10)17)20-15(19-13)9-7-18-12-4-2-1-3-8(9)12/h1-7,18H,(H,19,20). The van der Waals surface area contributed by atoms with Crippen LogP contribution in [0.4, 0.5) is 0 Å². The summed E-state index contributed by atoms with van der Waals surface area (Å²) >= 11 is 12.1. The summed E-state index contributed by atoms with van der Waals surface area (Å²) in [6.07, 6.45) is 1.95. The van der Waals surface area contributed by atoms with Crippen LogP contribution in [0, 0.1) is 0 Å². The summed E-state index contributed by atoms with van der Waals surface area (Å²) in [6, 6.07) is 11.7. The molecule has 0 spiro atoms. The number of para-hydroxylation sites is 1. The Morgan fingerprint density at radius 3 is 2.65 bits per heavy atom. The predicted octanol–water partition coefficient (Wildman–Crippen LogP) is 5.02. The topological polar surface area (TPSA) is 44.5 Å². The van der Waals surface area contributed by atoms with Crippen molar-refractivity contribution < 1.29 is 0 Å². The highest BCUT2D eigenvalue weighted by atomic mass is 35.5. The maximum Gasteiger partial charge on any atom is 0.140 e. The number of hydrogen-bond donors (Lipinski definition) is 2. The van der Waals surface area contributed by atoms with Gasteiger partial charge < -0.3 is 9.97 Å². The second-order valence-electron chi connectivity index (χ2n) is 4.62. The van der Waals surface area contributed by atoms with Crippen molar-refractivity contribution in [1.29, 1.82) is 0 Å². The molecule has 0 aliphatic rings. The van der Waals surface area contributed by atoms with Crippen LogP contribution in [0.15, 0.2) is 42.6 Å². The van der Waals surface area contributed by atoms with E-state index in [1.165, 1.54) is 0 Å². The number of benzene rings is 2. The van der Waals surface area contributed by atoms with E-state index in [4.69, 9.17) is 23.2 Å². The average molecular weight is 302 g/mol. The fourth-order valence-electron chi connectivity index (χ4n) is 2.40. The molecule has 4 rings (SSSR count). The van der Waals surface area contributed by atoms with E-state index < -0.39 is 0 Å². The zero-order valence-corrected chi connectivity index (χ0v) is 11.8. The minimum absolute atomic E-state index is 0.510. The van der Waals surface area contributed by atoms with Gasteiger partial charge >= 0.3 is 0 Å². The number of imidazole rings is 1. The lowest BCUT2D eigenvalue weighted by Gasteiger charge is -1.93. The maximum absolute atomic E-state index is 6.03. The minimum Gasteiger partial charge on any atom is -0.360 e. The summed E-state index contributed by atoms with van der Waals surface area (Å²) in [4.78, 5) is 11.1. The molecule has 2 aromatic carbocycles. The second kappa shape index (κ2) is 4.27. The molecular weight excluding hydrogens is 293 g/mol. The van der Waals surface area contributed by atoms with Crippen LogP contribution >= 0.6 is 23.2 Å². The Kier molecular flexibility index (Phi) is 2.52. The molecule has 0 aliphatic heterocycles. The highest BCUT2D eigenvalue weighted by Crippen LogP contribution is 2.31. The third-order valence-corrected chi connectivity index (χ3v) is 4.09. The van der Waals surface area contributed by atoms with Crippen LogP contribution in [-0.2, 0) is 0 Å². The SMILES string of the molecule is Clc1cc2nc(-c3c[nH]c4ccccc34)[nH]c2cc1Cl. The molecule has 0 fully saturated rings. The van der Waals surface area contributed by atoms with Gasteiger partial charge in [-0.05, 0) is 18.2 Å². The molecule has 4 aromatic rings. The first kappa shape index (κ1) is 11.8. The molecule has 20 heavy (non-hydrogen) atoms. The number of aromatic nitrogens is 3. The van der Waals surface area contributed by atoms with Gasteiger partial charge in [0.2, 0.25) is 0 Å². The molecule has 0 atom stereocenters. The maximum atomic E-state index is 6.03. The molecule has 0 aliphatic carbocycles. The number of nitrogens with one attached hydrogen (secondary N) is 2. The molecule has 2 N–H and O–H groups in total. The Morgan fingerprint density at radius 1 is 0.950 bits per heavy atom. The smallest absolute Gasteiger partial charge is 0.140 e. The molecule has 0 bridgehead atoms. The summed E-state index contributed by atoms with van der Waals surface area (Å²) in [5, 5.41) is 2.16. The first-order valence-corrected chi connectivity index (χ1v) is 6.89. The van der Waals surface area contributed by atoms with E-state index in [-0.39, 0.29) is 0 Å². The number of rotatable bonds is 1. The molecule has 5 heteroatoms. The summed E-state index contributed by atoms with van der Waals surface area (Å²) < 4.78 is 0. The first-order valence-electron chi connectivity index (χ1n) is 6.13. The normalized spacial score (nSPS) is 11.5. The van der Waals surface area contributed by atoms with E-state index in [2.05, 4.69) is 21.0 Å². The van der Waals surface area contributed by atoms with Gasteiger partial charge in [0.25, 0.3) is 0 Å². The number of hydrogen-bond acceptors (Lipinski definition) is 1. The van der Waals surface area contributed by atoms with Gasteiger partial charge in [0.1, 0.15) is 5.82 Å². The molecule has 3 nitrogen and oxygen atoms in total. The molecule has 2 aromatic heterocycles. The first-order chi connectivity index (χ1) is 9.72. The van der Waals surface area contributed by atoms with Gasteiger partial charge in [-0.25, -0.2) is 4.98 Å². The third kappa shape index (κ3) is 1.71. The summed E-state index contributed by atoms with van der Waals surface area (Å²) in [7, 11) is 0. The monoisotopic (exact) mass is 301 g/mol. The van der Waals surface area contributed by atoms with Crippen molar-refractivity contribution in [3.05, 3.63) is 52.6 Å². The summed E-state index contributed by atoms with van der Waals surface area (Å²) in [6.45, 7) is 0. The predicted molar refractivity (Wildman–Crippen MR) is 83.4 cm³/mol. The van der Waals surface area contributed by atoms with E-state index in [0.29, 0.717) is 10.0 Å². The largest absolute Gasteiger partial charge is 0.360 e. The van der Waals surface area contributed by atoms with Crippen molar-refractivity contribution in [3.63, 3.8) is 0 Å². The molecule has 0 saturated heterocycles. The van der Waals surface area contributed by atoms with Crippen LogP contribution in [0.25, 0.3) is 33.3 Å². The lowest BCUT2D eigenvalue weighted by Crippen LogP contribution is -1.77. The van der Waals surface area contributed by atoms with Gasteiger partial charge in [0.15, 0.2) is 0 Å². The quantitative estimate of drug-likeness (QED) is 0.509. The molecule has 0 saturated carbocycles. The molecular formula is C15H9Cl2N3. The number of halogens is 2. The van der Waals surface area contributed by atoms with E-state index in [1.54, 1.807) is 12.1 Å². The van der Waals surface area contributed by atoms with Crippen LogP contribution in [0.3, 0.4) is 0 Å². The van der Waals surface area contributed by atoms with E-state index in [9.17, 15) is 0 Å². The van der Waals surface area contributed by atoms with E-state index in [1.807, 2.05) is 24.4 Å². The van der Waals surface area contributed by atoms with Gasteiger partial charge in [-0.15, -0.1) is 0 Å². The highest BCUT2D eigenvalue weighted by molar-refractivity contribution is 6.42. The van der Waals surface area contributed by atoms with E-state index in [0.717, 1.165) is 33.3 Å². The summed E-state index contributed by atoms with van der Waals surface area (Å²) in [5.41, 5.74) is 3.79. The third-order valence-electron chi connectivity index (χ3n) is 3.37. The Hall–Kier alpha value is -1.97. The Labute approximate surface area is 124 Å². The number of H-pyrrole nitrogens is 2. The second-order valence-corrected chi connectivity index (χ2v) is 5.43. The van der Waals surface area contributed by atoms with Crippen LogP contribution < -0.4 is 0 Å². The Balaban J connectivity index is 1.98. The lowest BCUT2D eigenvalue weighted by atomic mass is 10.2. The number of fused-ring (bicyclic) bond motifs is 2.